The second kappa shape index (κ2) is 5.43. The van der Waals surface area contributed by atoms with Crippen molar-refractivity contribution in [1.29, 1.82) is 0 Å². The van der Waals surface area contributed by atoms with E-state index in [0.717, 1.165) is 5.69 Å². The highest BCUT2D eigenvalue weighted by Gasteiger charge is 2.06. The fourth-order valence-electron chi connectivity index (χ4n) is 1.76. The van der Waals surface area contributed by atoms with Crippen molar-refractivity contribution in [2.45, 2.75) is 6.54 Å². The quantitative estimate of drug-likeness (QED) is 0.783. The summed E-state index contributed by atoms with van der Waals surface area (Å²) >= 11 is 0. The second-order valence-electron chi connectivity index (χ2n) is 4.09. The Morgan fingerprint density at radius 3 is 2.90 bits per heavy atom. The number of hydrogen-bond donors (Lipinski definition) is 1. The molecule has 2 aromatic heterocycles. The molecule has 7 heteroatoms. The molecule has 0 saturated heterocycles. The predicted octanol–water partition coefficient (Wildman–Crippen LogP) is 1.81. The van der Waals surface area contributed by atoms with Crippen molar-refractivity contribution in [3.8, 4) is 5.69 Å². The molecule has 3 rings (SSSR count). The number of nitrogens with zero attached hydrogens (tertiary/aromatic N) is 5. The zero-order chi connectivity index (χ0) is 13.8. The van der Waals surface area contributed by atoms with Gasteiger partial charge in [-0.25, -0.2) is 9.07 Å². The Morgan fingerprint density at radius 2 is 2.15 bits per heavy atom. The van der Waals surface area contributed by atoms with Crippen LogP contribution >= 0.6 is 0 Å². The van der Waals surface area contributed by atoms with Crippen LogP contribution in [0.5, 0.6) is 0 Å². The van der Waals surface area contributed by atoms with Crippen LogP contribution in [0.25, 0.3) is 5.69 Å². The van der Waals surface area contributed by atoms with Gasteiger partial charge in [0, 0.05) is 6.20 Å². The Kier molecular flexibility index (Phi) is 3.32. The molecule has 6 nitrogen and oxygen atoms in total. The molecule has 0 atom stereocenters. The maximum atomic E-state index is 13.8. The Bertz CT molecular complexity index is 683. The molecule has 0 amide bonds. The molecule has 1 N–H and O–H groups in total. The third kappa shape index (κ3) is 2.61. The molecule has 0 aliphatic carbocycles. The van der Waals surface area contributed by atoms with E-state index in [1.807, 2.05) is 18.2 Å². The predicted molar refractivity (Wildman–Crippen MR) is 70.7 cm³/mol. The average Bonchev–Trinajstić information content (AvgIpc) is 3.02. The standard InChI is InChI=1S/C13H11FN6/c14-12-5-4-11(20-9-17-18-19-20)7-13(12)16-8-10-3-1-2-6-15-10/h1-7,9,16H,8H2. The van der Waals surface area contributed by atoms with E-state index in [4.69, 9.17) is 0 Å². The summed E-state index contributed by atoms with van der Waals surface area (Å²) in [7, 11) is 0. The maximum Gasteiger partial charge on any atom is 0.146 e. The Hall–Kier alpha value is -2.83. The van der Waals surface area contributed by atoms with Crippen LogP contribution in [0.3, 0.4) is 0 Å². The summed E-state index contributed by atoms with van der Waals surface area (Å²) in [4.78, 5) is 4.17. The fraction of sp³-hybridized carbons (Fsp3) is 0.0769. The Morgan fingerprint density at radius 1 is 1.20 bits per heavy atom. The van der Waals surface area contributed by atoms with E-state index in [-0.39, 0.29) is 5.82 Å². The van der Waals surface area contributed by atoms with Gasteiger partial charge in [0.1, 0.15) is 12.1 Å². The molecular formula is C13H11FN6. The van der Waals surface area contributed by atoms with Crippen molar-refractivity contribution in [2.75, 3.05) is 5.32 Å². The van der Waals surface area contributed by atoms with E-state index in [2.05, 4.69) is 25.8 Å². The van der Waals surface area contributed by atoms with Gasteiger partial charge in [0.15, 0.2) is 0 Å². The van der Waals surface area contributed by atoms with Crippen LogP contribution in [0.4, 0.5) is 10.1 Å². The molecule has 0 aliphatic heterocycles. The number of pyridine rings is 1. The first-order valence-electron chi connectivity index (χ1n) is 5.99. The maximum absolute atomic E-state index is 13.8. The Labute approximate surface area is 114 Å². The summed E-state index contributed by atoms with van der Waals surface area (Å²) in [5, 5.41) is 13.9. The van der Waals surface area contributed by atoms with Crippen molar-refractivity contribution in [1.82, 2.24) is 25.2 Å². The lowest BCUT2D eigenvalue weighted by Crippen LogP contribution is -2.04. The molecule has 0 unspecified atom stereocenters. The topological polar surface area (TPSA) is 68.5 Å². The Balaban J connectivity index is 1.80. The van der Waals surface area contributed by atoms with E-state index < -0.39 is 0 Å². The van der Waals surface area contributed by atoms with Crippen LogP contribution in [-0.2, 0) is 6.54 Å². The molecule has 2 heterocycles. The van der Waals surface area contributed by atoms with Crippen molar-refractivity contribution >= 4 is 5.69 Å². The lowest BCUT2D eigenvalue weighted by atomic mass is 10.2. The van der Waals surface area contributed by atoms with Crippen LogP contribution in [0.2, 0.25) is 0 Å². The van der Waals surface area contributed by atoms with Crippen molar-refractivity contribution < 1.29 is 4.39 Å². The van der Waals surface area contributed by atoms with E-state index in [0.29, 0.717) is 17.9 Å². The largest absolute Gasteiger partial charge is 0.377 e. The van der Waals surface area contributed by atoms with Crippen LogP contribution in [0, 0.1) is 5.82 Å². The minimum Gasteiger partial charge on any atom is -0.377 e. The molecule has 0 spiro atoms. The van der Waals surface area contributed by atoms with E-state index in [9.17, 15) is 4.39 Å². The molecular weight excluding hydrogens is 259 g/mol. The molecule has 0 bridgehead atoms. The molecule has 0 aliphatic rings. The van der Waals surface area contributed by atoms with Crippen LogP contribution in [0.15, 0.2) is 48.9 Å². The average molecular weight is 270 g/mol. The van der Waals surface area contributed by atoms with Gasteiger partial charge in [-0.3, -0.25) is 4.98 Å². The van der Waals surface area contributed by atoms with Gasteiger partial charge < -0.3 is 5.32 Å². The van der Waals surface area contributed by atoms with Crippen molar-refractivity contribution in [2.24, 2.45) is 0 Å². The summed E-state index contributed by atoms with van der Waals surface area (Å²) in [5.41, 5.74) is 1.89. The highest BCUT2D eigenvalue weighted by molar-refractivity contribution is 5.52. The highest BCUT2D eigenvalue weighted by Crippen LogP contribution is 2.18. The normalized spacial score (nSPS) is 10.4. The first-order chi connectivity index (χ1) is 9.83. The molecule has 0 saturated carbocycles. The van der Waals surface area contributed by atoms with Crippen molar-refractivity contribution in [3.63, 3.8) is 0 Å². The summed E-state index contributed by atoms with van der Waals surface area (Å²) in [6.45, 7) is 0.441. The molecule has 3 aromatic rings. The van der Waals surface area contributed by atoms with Gasteiger partial charge in [-0.05, 0) is 40.8 Å². The lowest BCUT2D eigenvalue weighted by Gasteiger charge is -2.09. The van der Waals surface area contributed by atoms with Gasteiger partial charge in [-0.1, -0.05) is 6.07 Å². The highest BCUT2D eigenvalue weighted by atomic mass is 19.1. The summed E-state index contributed by atoms with van der Waals surface area (Å²) in [6.07, 6.45) is 3.15. The van der Waals surface area contributed by atoms with Gasteiger partial charge in [-0.15, -0.1) is 5.10 Å². The van der Waals surface area contributed by atoms with Gasteiger partial charge in [0.2, 0.25) is 0 Å². The minimum absolute atomic E-state index is 0.335. The zero-order valence-electron chi connectivity index (χ0n) is 10.4. The first kappa shape index (κ1) is 12.2. The third-order valence-electron chi connectivity index (χ3n) is 2.75. The number of benzene rings is 1. The van der Waals surface area contributed by atoms with Crippen LogP contribution in [-0.4, -0.2) is 25.2 Å². The molecule has 0 fully saturated rings. The number of aromatic nitrogens is 5. The van der Waals surface area contributed by atoms with E-state index in [1.54, 1.807) is 18.3 Å². The van der Waals surface area contributed by atoms with E-state index >= 15 is 0 Å². The van der Waals surface area contributed by atoms with Gasteiger partial charge >= 0.3 is 0 Å². The zero-order valence-corrected chi connectivity index (χ0v) is 10.4. The third-order valence-corrected chi connectivity index (χ3v) is 2.75. The number of hydrogen-bond acceptors (Lipinski definition) is 5. The monoisotopic (exact) mass is 270 g/mol. The molecule has 0 radical (unpaired) electrons. The number of rotatable bonds is 4. The number of halogens is 1. The van der Waals surface area contributed by atoms with E-state index in [1.165, 1.54) is 17.1 Å². The van der Waals surface area contributed by atoms with Crippen LogP contribution in [0.1, 0.15) is 5.69 Å². The summed E-state index contributed by atoms with van der Waals surface area (Å²) < 4.78 is 15.2. The van der Waals surface area contributed by atoms with Crippen molar-refractivity contribution in [3.05, 3.63) is 60.4 Å². The SMILES string of the molecule is Fc1ccc(-n2cnnn2)cc1NCc1ccccn1. The number of anilines is 1. The van der Waals surface area contributed by atoms with Gasteiger partial charge in [0.25, 0.3) is 0 Å². The van der Waals surface area contributed by atoms with Crippen LogP contribution < -0.4 is 5.32 Å². The summed E-state index contributed by atoms with van der Waals surface area (Å²) in [5.74, 6) is -0.335. The fourth-order valence-corrected chi connectivity index (χ4v) is 1.76. The minimum atomic E-state index is -0.335. The second-order valence-corrected chi connectivity index (χ2v) is 4.09. The van der Waals surface area contributed by atoms with Gasteiger partial charge in [0.05, 0.1) is 23.6 Å². The number of nitrogens with one attached hydrogen (secondary N) is 1. The first-order valence-corrected chi connectivity index (χ1v) is 5.99. The molecule has 1 aromatic carbocycles. The molecule has 20 heavy (non-hydrogen) atoms. The number of tetrazole rings is 1. The van der Waals surface area contributed by atoms with Gasteiger partial charge in [-0.2, -0.15) is 0 Å². The summed E-state index contributed by atoms with van der Waals surface area (Å²) in [6, 6.07) is 10.2. The lowest BCUT2D eigenvalue weighted by molar-refractivity contribution is 0.629. The smallest absolute Gasteiger partial charge is 0.146 e. The molecule has 100 valence electrons.